The molecular weight excluding hydrogens is 497 g/mol. The van der Waals surface area contributed by atoms with Crippen molar-refractivity contribution in [3.8, 4) is 0 Å². The van der Waals surface area contributed by atoms with E-state index in [1.54, 1.807) is 6.07 Å². The maximum absolute atomic E-state index is 13.9. The molecule has 0 radical (unpaired) electrons. The first-order valence-corrected chi connectivity index (χ1v) is 12.4. The quantitative estimate of drug-likeness (QED) is 0.493. The van der Waals surface area contributed by atoms with Gasteiger partial charge in [0.25, 0.3) is 5.91 Å². The zero-order valence-electron chi connectivity index (χ0n) is 19.2. The zero-order valence-corrected chi connectivity index (χ0v) is 21.5. The van der Waals surface area contributed by atoms with Gasteiger partial charge in [0.2, 0.25) is 0 Å². The van der Waals surface area contributed by atoms with Gasteiger partial charge in [-0.15, -0.1) is 0 Å². The molecule has 0 saturated carbocycles. The molecule has 0 bridgehead atoms. The molecule has 0 N–H and O–H groups in total. The monoisotopic (exact) mass is 523 g/mol. The fraction of sp³-hybridized carbons (Fsp3) is 0.458. The molecule has 10 heteroatoms. The number of carbonyl (C=O) groups is 1. The van der Waals surface area contributed by atoms with E-state index >= 15 is 0 Å². The van der Waals surface area contributed by atoms with Gasteiger partial charge in [0.1, 0.15) is 6.17 Å². The minimum absolute atomic E-state index is 0.0369. The number of carbonyl (C=O) groups excluding carboxylic acids is 1. The highest BCUT2D eigenvalue weighted by Crippen LogP contribution is 2.29. The van der Waals surface area contributed by atoms with E-state index in [1.807, 2.05) is 60.2 Å². The van der Waals surface area contributed by atoms with E-state index in [2.05, 4.69) is 15.2 Å². The van der Waals surface area contributed by atoms with Crippen LogP contribution in [-0.4, -0.2) is 65.3 Å². The minimum atomic E-state index is -0.669. The SMILES string of the molecule is CC(C)N(Cc1ccccc1Cl)C(=O)C1N=NN(Cc2cc(Cl)cc(Cl)c2)C1N1CCOCC1. The first-order chi connectivity index (χ1) is 16.3. The van der Waals surface area contributed by atoms with E-state index in [0.717, 1.165) is 11.1 Å². The molecule has 2 heterocycles. The van der Waals surface area contributed by atoms with Crippen LogP contribution in [-0.2, 0) is 22.6 Å². The maximum Gasteiger partial charge on any atom is 0.253 e. The summed E-state index contributed by atoms with van der Waals surface area (Å²) in [6, 6.07) is 12.3. The minimum Gasteiger partial charge on any atom is -0.379 e. The number of ether oxygens (including phenoxy) is 1. The zero-order chi connectivity index (χ0) is 24.2. The molecule has 2 aliphatic rings. The highest BCUT2D eigenvalue weighted by atomic mass is 35.5. The van der Waals surface area contributed by atoms with Crippen molar-refractivity contribution in [2.45, 2.75) is 45.2 Å². The van der Waals surface area contributed by atoms with E-state index < -0.39 is 6.04 Å². The maximum atomic E-state index is 13.9. The van der Waals surface area contributed by atoms with Crippen molar-refractivity contribution in [3.63, 3.8) is 0 Å². The van der Waals surface area contributed by atoms with E-state index in [-0.39, 0.29) is 18.1 Å². The molecule has 1 fully saturated rings. The Morgan fingerprint density at radius 3 is 2.44 bits per heavy atom. The van der Waals surface area contributed by atoms with Crippen LogP contribution in [0.3, 0.4) is 0 Å². The lowest BCUT2D eigenvalue weighted by molar-refractivity contribution is -0.138. The Morgan fingerprint density at radius 1 is 1.12 bits per heavy atom. The number of hydrogen-bond donors (Lipinski definition) is 0. The largest absolute Gasteiger partial charge is 0.379 e. The second-order valence-corrected chi connectivity index (χ2v) is 10.0. The molecular formula is C24H28Cl3N5O2. The summed E-state index contributed by atoms with van der Waals surface area (Å²) in [6.45, 7) is 7.41. The van der Waals surface area contributed by atoms with Gasteiger partial charge in [-0.3, -0.25) is 14.7 Å². The predicted molar refractivity (Wildman–Crippen MR) is 134 cm³/mol. The number of benzene rings is 2. The standard InChI is InChI=1S/C24H28Cl3N5O2/c1-16(2)31(15-18-5-3-4-6-21(18)27)24(33)22-23(30-7-9-34-10-8-30)32(29-28-22)14-17-11-19(25)13-20(26)12-17/h3-6,11-13,16,22-23H,7-10,14-15H2,1-2H3. The van der Waals surface area contributed by atoms with Crippen LogP contribution in [0.4, 0.5) is 0 Å². The van der Waals surface area contributed by atoms with E-state index in [9.17, 15) is 4.79 Å². The van der Waals surface area contributed by atoms with Crippen molar-refractivity contribution < 1.29 is 9.53 Å². The summed E-state index contributed by atoms with van der Waals surface area (Å²) >= 11 is 18.8. The highest BCUT2D eigenvalue weighted by Gasteiger charge is 2.44. The summed E-state index contributed by atoms with van der Waals surface area (Å²) in [7, 11) is 0. The van der Waals surface area contributed by atoms with Gasteiger partial charge in [-0.05, 0) is 49.2 Å². The van der Waals surface area contributed by atoms with Gasteiger partial charge in [0, 0.05) is 40.7 Å². The van der Waals surface area contributed by atoms with Crippen LogP contribution in [0.25, 0.3) is 0 Å². The van der Waals surface area contributed by atoms with Gasteiger partial charge in [-0.1, -0.05) is 58.2 Å². The van der Waals surface area contributed by atoms with Crippen molar-refractivity contribution in [2.24, 2.45) is 10.3 Å². The number of nitrogens with zero attached hydrogens (tertiary/aromatic N) is 5. The highest BCUT2D eigenvalue weighted by molar-refractivity contribution is 6.34. The Kier molecular flexibility index (Phi) is 8.32. The summed E-state index contributed by atoms with van der Waals surface area (Å²) < 4.78 is 5.55. The van der Waals surface area contributed by atoms with E-state index in [1.165, 1.54) is 0 Å². The fourth-order valence-electron chi connectivity index (χ4n) is 4.31. The second kappa shape index (κ2) is 11.2. The van der Waals surface area contributed by atoms with Crippen molar-refractivity contribution in [1.82, 2.24) is 14.8 Å². The topological polar surface area (TPSA) is 60.7 Å². The van der Waals surface area contributed by atoms with Crippen LogP contribution in [0, 0.1) is 0 Å². The predicted octanol–water partition coefficient (Wildman–Crippen LogP) is 5.29. The van der Waals surface area contributed by atoms with Crippen LogP contribution in [0.15, 0.2) is 52.8 Å². The van der Waals surface area contributed by atoms with E-state index in [0.29, 0.717) is 54.5 Å². The van der Waals surface area contributed by atoms with Gasteiger partial charge >= 0.3 is 0 Å². The van der Waals surface area contributed by atoms with Crippen molar-refractivity contribution in [1.29, 1.82) is 0 Å². The third-order valence-electron chi connectivity index (χ3n) is 6.02. The average Bonchev–Trinajstić information content (AvgIpc) is 3.21. The molecule has 1 amide bonds. The summed E-state index contributed by atoms with van der Waals surface area (Å²) in [4.78, 5) is 17.9. The Labute approximate surface area is 215 Å². The van der Waals surface area contributed by atoms with Crippen LogP contribution in [0.2, 0.25) is 15.1 Å². The molecule has 2 aliphatic heterocycles. The van der Waals surface area contributed by atoms with Crippen LogP contribution < -0.4 is 0 Å². The molecule has 2 aromatic carbocycles. The lowest BCUT2D eigenvalue weighted by Gasteiger charge is -2.39. The van der Waals surface area contributed by atoms with Gasteiger partial charge in [-0.25, -0.2) is 0 Å². The molecule has 2 unspecified atom stereocenters. The Bertz CT molecular complexity index is 1020. The normalized spacial score (nSPS) is 20.8. The van der Waals surface area contributed by atoms with Crippen molar-refractivity contribution >= 4 is 40.7 Å². The Balaban J connectivity index is 1.59. The molecule has 34 heavy (non-hydrogen) atoms. The van der Waals surface area contributed by atoms with Gasteiger partial charge in [-0.2, -0.15) is 5.11 Å². The van der Waals surface area contributed by atoms with Gasteiger partial charge in [0.05, 0.1) is 19.8 Å². The average molecular weight is 525 g/mol. The first kappa shape index (κ1) is 25.2. The van der Waals surface area contributed by atoms with Crippen LogP contribution >= 0.6 is 34.8 Å². The third kappa shape index (κ3) is 5.83. The molecule has 4 rings (SSSR count). The molecule has 0 aliphatic carbocycles. The number of hydrogen-bond acceptors (Lipinski definition) is 6. The summed E-state index contributed by atoms with van der Waals surface area (Å²) in [5, 5.41) is 12.5. The van der Waals surface area contributed by atoms with Crippen LogP contribution in [0.1, 0.15) is 25.0 Å². The third-order valence-corrected chi connectivity index (χ3v) is 6.83. The molecule has 2 atom stereocenters. The molecule has 0 spiro atoms. The summed E-state index contributed by atoms with van der Waals surface area (Å²) in [5.41, 5.74) is 1.80. The Hall–Kier alpha value is -1.90. The Morgan fingerprint density at radius 2 is 1.79 bits per heavy atom. The van der Waals surface area contributed by atoms with Gasteiger partial charge < -0.3 is 9.64 Å². The number of halogens is 3. The lowest BCUT2D eigenvalue weighted by atomic mass is 10.1. The molecule has 1 saturated heterocycles. The second-order valence-electron chi connectivity index (χ2n) is 8.74. The molecule has 7 nitrogen and oxygen atoms in total. The number of rotatable bonds is 7. The van der Waals surface area contributed by atoms with Crippen molar-refractivity contribution in [3.05, 3.63) is 68.7 Å². The fourth-order valence-corrected chi connectivity index (χ4v) is 5.08. The molecule has 182 valence electrons. The lowest BCUT2D eigenvalue weighted by Crippen LogP contribution is -2.57. The van der Waals surface area contributed by atoms with E-state index in [4.69, 9.17) is 39.5 Å². The molecule has 2 aromatic rings. The molecule has 0 aromatic heterocycles. The van der Waals surface area contributed by atoms with Gasteiger partial charge in [0.15, 0.2) is 6.04 Å². The summed E-state index contributed by atoms with van der Waals surface area (Å²) in [5.74, 6) is -0.0817. The number of amides is 1. The van der Waals surface area contributed by atoms with Crippen molar-refractivity contribution in [2.75, 3.05) is 26.3 Å². The summed E-state index contributed by atoms with van der Waals surface area (Å²) in [6.07, 6.45) is -0.332. The van der Waals surface area contributed by atoms with Crippen LogP contribution in [0.5, 0.6) is 0 Å². The number of morpholine rings is 1. The first-order valence-electron chi connectivity index (χ1n) is 11.3. The smallest absolute Gasteiger partial charge is 0.253 e.